The summed E-state index contributed by atoms with van der Waals surface area (Å²) in [5.74, 6) is -0.355. The first-order valence-corrected chi connectivity index (χ1v) is 9.32. The maximum atomic E-state index is 12.2. The predicted octanol–water partition coefficient (Wildman–Crippen LogP) is 2.89. The number of esters is 1. The molecule has 8 nitrogen and oxygen atoms in total. The van der Waals surface area contributed by atoms with Crippen molar-refractivity contribution in [2.45, 2.75) is 27.2 Å². The number of methoxy groups -OCH3 is 1. The number of carbonyl (C=O) groups excluding carboxylic acids is 3. The molecule has 0 aliphatic carbocycles. The van der Waals surface area contributed by atoms with E-state index in [9.17, 15) is 14.4 Å². The van der Waals surface area contributed by atoms with Gasteiger partial charge in [-0.15, -0.1) is 0 Å². The first-order chi connectivity index (χ1) is 12.8. The minimum Gasteiger partial charge on any atom is -0.493 e. The first kappa shape index (κ1) is 22.8. The van der Waals surface area contributed by atoms with Gasteiger partial charge in [-0.05, 0) is 40.4 Å². The van der Waals surface area contributed by atoms with E-state index >= 15 is 0 Å². The van der Waals surface area contributed by atoms with Gasteiger partial charge in [0.25, 0.3) is 5.91 Å². The van der Waals surface area contributed by atoms with Crippen molar-refractivity contribution >= 4 is 33.8 Å². The van der Waals surface area contributed by atoms with Crippen LogP contribution in [0.2, 0.25) is 0 Å². The number of nitrogens with one attached hydrogen (secondary N) is 2. The average molecular weight is 445 g/mol. The molecule has 0 spiro atoms. The van der Waals surface area contributed by atoms with Crippen molar-refractivity contribution in [2.75, 3.05) is 26.9 Å². The van der Waals surface area contributed by atoms with E-state index in [1.165, 1.54) is 19.2 Å². The quantitative estimate of drug-likeness (QED) is 0.567. The minimum absolute atomic E-state index is 0.180. The molecule has 0 saturated carbocycles. The molecule has 0 heterocycles. The highest BCUT2D eigenvalue weighted by molar-refractivity contribution is 9.10. The number of imide groups is 1. The van der Waals surface area contributed by atoms with Crippen molar-refractivity contribution in [1.29, 1.82) is 0 Å². The van der Waals surface area contributed by atoms with Gasteiger partial charge >= 0.3 is 12.0 Å². The smallest absolute Gasteiger partial charge is 0.338 e. The van der Waals surface area contributed by atoms with Crippen molar-refractivity contribution in [3.63, 3.8) is 0 Å². The van der Waals surface area contributed by atoms with Gasteiger partial charge in [0, 0.05) is 6.54 Å². The first-order valence-electron chi connectivity index (χ1n) is 8.53. The molecule has 2 N–H and O–H groups in total. The fourth-order valence-electron chi connectivity index (χ4n) is 1.90. The van der Waals surface area contributed by atoms with Crippen molar-refractivity contribution < 1.29 is 28.6 Å². The van der Waals surface area contributed by atoms with Gasteiger partial charge in [-0.25, -0.2) is 9.59 Å². The monoisotopic (exact) mass is 444 g/mol. The Bertz CT molecular complexity index is 678. The van der Waals surface area contributed by atoms with Crippen molar-refractivity contribution in [2.24, 2.45) is 5.92 Å². The largest absolute Gasteiger partial charge is 0.493 e. The number of hydrogen-bond donors (Lipinski definition) is 2. The molecule has 27 heavy (non-hydrogen) atoms. The molecule has 0 radical (unpaired) electrons. The third-order valence-corrected chi connectivity index (χ3v) is 3.76. The lowest BCUT2D eigenvalue weighted by Crippen LogP contribution is -2.42. The molecule has 0 aliphatic heterocycles. The molecule has 0 bridgehead atoms. The summed E-state index contributed by atoms with van der Waals surface area (Å²) in [7, 11) is 1.46. The summed E-state index contributed by atoms with van der Waals surface area (Å²) in [6, 6.07) is 2.35. The Morgan fingerprint density at radius 3 is 2.52 bits per heavy atom. The van der Waals surface area contributed by atoms with Gasteiger partial charge in [-0.3, -0.25) is 10.1 Å². The molecule has 150 valence electrons. The number of hydrogen-bond acceptors (Lipinski definition) is 6. The van der Waals surface area contributed by atoms with Crippen LogP contribution in [0.15, 0.2) is 16.6 Å². The van der Waals surface area contributed by atoms with Crippen LogP contribution in [-0.4, -0.2) is 44.8 Å². The highest BCUT2D eigenvalue weighted by Crippen LogP contribution is 2.36. The molecule has 1 aromatic rings. The lowest BCUT2D eigenvalue weighted by molar-refractivity contribution is -0.123. The molecule has 0 atom stereocenters. The van der Waals surface area contributed by atoms with Crippen molar-refractivity contribution in [1.82, 2.24) is 10.6 Å². The number of ether oxygens (including phenoxy) is 3. The normalized spacial score (nSPS) is 10.3. The lowest BCUT2D eigenvalue weighted by Gasteiger charge is -2.13. The van der Waals surface area contributed by atoms with Gasteiger partial charge in [0.15, 0.2) is 18.1 Å². The Hall–Kier alpha value is -2.29. The SMILES string of the molecule is CCCOc1c(Br)cc(C(=O)OCC(=O)NC(=O)NCC(C)C)cc1OC. The Morgan fingerprint density at radius 2 is 1.93 bits per heavy atom. The van der Waals surface area contributed by atoms with Gasteiger partial charge in [-0.2, -0.15) is 0 Å². The van der Waals surface area contributed by atoms with Crippen molar-refractivity contribution in [3.8, 4) is 11.5 Å². The van der Waals surface area contributed by atoms with E-state index in [-0.39, 0.29) is 11.5 Å². The summed E-state index contributed by atoms with van der Waals surface area (Å²) < 4.78 is 16.3. The van der Waals surface area contributed by atoms with Crippen LogP contribution in [0.1, 0.15) is 37.6 Å². The van der Waals surface area contributed by atoms with Crippen LogP contribution >= 0.6 is 15.9 Å². The lowest BCUT2D eigenvalue weighted by atomic mass is 10.2. The summed E-state index contributed by atoms with van der Waals surface area (Å²) in [4.78, 5) is 35.4. The molecular formula is C18H25BrN2O6. The number of carbonyl (C=O) groups is 3. The van der Waals surface area contributed by atoms with Gasteiger partial charge in [0.1, 0.15) is 0 Å². The molecule has 9 heteroatoms. The van der Waals surface area contributed by atoms with E-state index in [1.807, 2.05) is 20.8 Å². The van der Waals surface area contributed by atoms with Crippen LogP contribution in [0.4, 0.5) is 4.79 Å². The molecule has 1 rings (SSSR count). The van der Waals surface area contributed by atoms with E-state index in [4.69, 9.17) is 14.2 Å². The van der Waals surface area contributed by atoms with E-state index in [2.05, 4.69) is 26.6 Å². The summed E-state index contributed by atoms with van der Waals surface area (Å²) >= 11 is 3.33. The third-order valence-electron chi connectivity index (χ3n) is 3.17. The molecule has 0 aliphatic rings. The predicted molar refractivity (Wildman–Crippen MR) is 103 cm³/mol. The second-order valence-electron chi connectivity index (χ2n) is 6.07. The molecule has 0 fully saturated rings. The summed E-state index contributed by atoms with van der Waals surface area (Å²) in [5, 5.41) is 4.62. The van der Waals surface area contributed by atoms with Crippen LogP contribution in [0.3, 0.4) is 0 Å². The fraction of sp³-hybridized carbons (Fsp3) is 0.500. The average Bonchev–Trinajstić information content (AvgIpc) is 2.62. The number of urea groups is 1. The fourth-order valence-corrected chi connectivity index (χ4v) is 2.46. The Kier molecular flexibility index (Phi) is 9.63. The van der Waals surface area contributed by atoms with Crippen LogP contribution < -0.4 is 20.1 Å². The molecule has 0 saturated heterocycles. The van der Waals surface area contributed by atoms with Crippen LogP contribution in [0.5, 0.6) is 11.5 Å². The number of benzene rings is 1. The van der Waals surface area contributed by atoms with Gasteiger partial charge in [-0.1, -0.05) is 20.8 Å². The number of amides is 3. The van der Waals surface area contributed by atoms with E-state index in [0.717, 1.165) is 6.42 Å². The summed E-state index contributed by atoms with van der Waals surface area (Å²) in [5.41, 5.74) is 0.180. The molecule has 1 aromatic carbocycles. The Morgan fingerprint density at radius 1 is 1.22 bits per heavy atom. The van der Waals surface area contributed by atoms with Gasteiger partial charge in [0.2, 0.25) is 0 Å². The van der Waals surface area contributed by atoms with E-state index in [1.54, 1.807) is 0 Å². The van der Waals surface area contributed by atoms with Gasteiger partial charge in [0.05, 0.1) is 23.8 Å². The Labute approximate surface area is 167 Å². The molecule has 3 amide bonds. The zero-order chi connectivity index (χ0) is 20.4. The Balaban J connectivity index is 2.65. The summed E-state index contributed by atoms with van der Waals surface area (Å²) in [6.45, 7) is 6.17. The van der Waals surface area contributed by atoms with Crippen LogP contribution in [0.25, 0.3) is 0 Å². The third kappa shape index (κ3) is 7.86. The number of halogens is 1. The summed E-state index contributed by atoms with van der Waals surface area (Å²) in [6.07, 6.45) is 0.819. The minimum atomic E-state index is -0.728. The zero-order valence-corrected chi connectivity index (χ0v) is 17.5. The zero-order valence-electron chi connectivity index (χ0n) is 15.9. The molecular weight excluding hydrogens is 420 g/mol. The highest BCUT2D eigenvalue weighted by Gasteiger charge is 2.18. The van der Waals surface area contributed by atoms with E-state index < -0.39 is 24.5 Å². The van der Waals surface area contributed by atoms with Crippen LogP contribution in [0, 0.1) is 5.92 Å². The van der Waals surface area contributed by atoms with Crippen molar-refractivity contribution in [3.05, 3.63) is 22.2 Å². The maximum Gasteiger partial charge on any atom is 0.338 e. The maximum absolute atomic E-state index is 12.2. The standard InChI is InChI=1S/C18H25BrN2O6/c1-5-6-26-16-13(19)7-12(8-14(16)25-4)17(23)27-10-15(22)21-18(24)20-9-11(2)3/h7-8,11H,5-6,9-10H2,1-4H3,(H2,20,21,22,24). The molecule has 0 aromatic heterocycles. The highest BCUT2D eigenvalue weighted by atomic mass is 79.9. The van der Waals surface area contributed by atoms with E-state index in [0.29, 0.717) is 29.1 Å². The topological polar surface area (TPSA) is 103 Å². The molecule has 0 unspecified atom stereocenters. The second-order valence-corrected chi connectivity index (χ2v) is 6.92. The van der Waals surface area contributed by atoms with Crippen LogP contribution in [-0.2, 0) is 9.53 Å². The van der Waals surface area contributed by atoms with Gasteiger partial charge < -0.3 is 19.5 Å². The second kappa shape index (κ2) is 11.4. The number of rotatable bonds is 9.